The Bertz CT molecular complexity index is 493. The van der Waals surface area contributed by atoms with E-state index in [-0.39, 0.29) is 12.1 Å². The minimum atomic E-state index is -0.144. The summed E-state index contributed by atoms with van der Waals surface area (Å²) < 4.78 is 0. The lowest BCUT2D eigenvalue weighted by atomic mass is 9.95. The zero-order chi connectivity index (χ0) is 16.4. The van der Waals surface area contributed by atoms with Crippen LogP contribution in [0.15, 0.2) is 24.3 Å². The molecule has 0 bridgehead atoms. The summed E-state index contributed by atoms with van der Waals surface area (Å²) >= 11 is 0. The lowest BCUT2D eigenvalue weighted by Gasteiger charge is -2.16. The second-order valence-corrected chi connectivity index (χ2v) is 6.22. The van der Waals surface area contributed by atoms with Crippen LogP contribution in [-0.2, 0) is 11.2 Å². The molecule has 1 amide bonds. The molecule has 0 saturated carbocycles. The topological polar surface area (TPSA) is 78.9 Å². The summed E-state index contributed by atoms with van der Waals surface area (Å²) in [5.41, 5.74) is 8.51. The van der Waals surface area contributed by atoms with Crippen LogP contribution in [0.3, 0.4) is 0 Å². The fourth-order valence-corrected chi connectivity index (χ4v) is 2.54. The lowest BCUT2D eigenvalue weighted by molar-refractivity contribution is -0.110. The van der Waals surface area contributed by atoms with Gasteiger partial charge in [0.05, 0.1) is 12.5 Å². The zero-order valence-corrected chi connectivity index (χ0v) is 13.6. The third-order valence-electron chi connectivity index (χ3n) is 3.80. The summed E-state index contributed by atoms with van der Waals surface area (Å²) in [6.07, 6.45) is 4.93. The van der Waals surface area contributed by atoms with Crippen LogP contribution in [0.5, 0.6) is 0 Å². The maximum absolute atomic E-state index is 10.6. The van der Waals surface area contributed by atoms with E-state index in [1.807, 2.05) is 12.1 Å². The highest BCUT2D eigenvalue weighted by Crippen LogP contribution is 2.20. The molecule has 0 fully saturated rings. The molecule has 2 atom stereocenters. The van der Waals surface area contributed by atoms with E-state index in [0.29, 0.717) is 25.2 Å². The van der Waals surface area contributed by atoms with Crippen LogP contribution in [0.4, 0.5) is 0 Å². The summed E-state index contributed by atoms with van der Waals surface area (Å²) in [6, 6.07) is 10.2. The number of carbonyl (C=O) groups excluding carboxylic acids is 1. The Kier molecular flexibility index (Phi) is 8.24. The molecule has 0 aliphatic rings. The van der Waals surface area contributed by atoms with Gasteiger partial charge in [0.15, 0.2) is 0 Å². The summed E-state index contributed by atoms with van der Waals surface area (Å²) in [5.74, 6) is 0.708. The molecule has 0 saturated heterocycles. The smallest absolute Gasteiger partial charge is 0.207 e. The van der Waals surface area contributed by atoms with Crippen LogP contribution in [0.1, 0.15) is 56.7 Å². The molecule has 2 unspecified atom stereocenters. The SMILES string of the molecule is CC(C)CCCC(N)c1cccc(CC(CC#N)NC=O)c1. The number of nitrogens with zero attached hydrogens (tertiary/aromatic N) is 1. The normalized spacial score (nSPS) is 13.4. The van der Waals surface area contributed by atoms with Crippen LogP contribution in [0.25, 0.3) is 0 Å². The predicted octanol–water partition coefficient (Wildman–Crippen LogP) is 3.08. The fraction of sp³-hybridized carbons (Fsp3) is 0.556. The van der Waals surface area contributed by atoms with Gasteiger partial charge in [0, 0.05) is 12.1 Å². The number of benzene rings is 1. The van der Waals surface area contributed by atoms with Crippen molar-refractivity contribution in [1.82, 2.24) is 5.32 Å². The van der Waals surface area contributed by atoms with Gasteiger partial charge in [0.25, 0.3) is 0 Å². The quantitative estimate of drug-likeness (QED) is 0.652. The maximum atomic E-state index is 10.6. The average molecular weight is 301 g/mol. The second kappa shape index (κ2) is 9.97. The maximum Gasteiger partial charge on any atom is 0.207 e. The number of hydrogen-bond acceptors (Lipinski definition) is 3. The van der Waals surface area contributed by atoms with E-state index in [4.69, 9.17) is 11.0 Å². The van der Waals surface area contributed by atoms with E-state index in [1.54, 1.807) is 0 Å². The molecule has 0 aromatic heterocycles. The summed E-state index contributed by atoms with van der Waals surface area (Å²) in [4.78, 5) is 10.6. The van der Waals surface area contributed by atoms with E-state index < -0.39 is 0 Å². The minimum absolute atomic E-state index is 0.0483. The van der Waals surface area contributed by atoms with Crippen molar-refractivity contribution in [2.75, 3.05) is 0 Å². The highest BCUT2D eigenvalue weighted by molar-refractivity contribution is 5.47. The number of hydrogen-bond donors (Lipinski definition) is 2. The van der Waals surface area contributed by atoms with Gasteiger partial charge in [-0.25, -0.2) is 0 Å². The first-order chi connectivity index (χ1) is 10.6. The van der Waals surface area contributed by atoms with Gasteiger partial charge in [-0.3, -0.25) is 4.79 Å². The summed E-state index contributed by atoms with van der Waals surface area (Å²) in [5, 5.41) is 11.5. The van der Waals surface area contributed by atoms with Crippen molar-refractivity contribution in [1.29, 1.82) is 5.26 Å². The fourth-order valence-electron chi connectivity index (χ4n) is 2.54. The third-order valence-corrected chi connectivity index (χ3v) is 3.80. The van der Waals surface area contributed by atoms with Gasteiger partial charge in [-0.05, 0) is 29.9 Å². The summed E-state index contributed by atoms with van der Waals surface area (Å²) in [6.45, 7) is 4.45. The Hall–Kier alpha value is -1.86. The first-order valence-electron chi connectivity index (χ1n) is 7.97. The predicted molar refractivity (Wildman–Crippen MR) is 89.0 cm³/mol. The highest BCUT2D eigenvalue weighted by atomic mass is 16.1. The Morgan fingerprint density at radius 1 is 1.36 bits per heavy atom. The van der Waals surface area contributed by atoms with Crippen molar-refractivity contribution in [2.24, 2.45) is 11.7 Å². The Balaban J connectivity index is 2.64. The van der Waals surface area contributed by atoms with Crippen LogP contribution in [0, 0.1) is 17.2 Å². The Morgan fingerprint density at radius 3 is 2.77 bits per heavy atom. The van der Waals surface area contributed by atoms with Crippen LogP contribution >= 0.6 is 0 Å². The van der Waals surface area contributed by atoms with Gasteiger partial charge in [-0.2, -0.15) is 5.26 Å². The van der Waals surface area contributed by atoms with Gasteiger partial charge in [0.2, 0.25) is 6.41 Å². The molecule has 22 heavy (non-hydrogen) atoms. The zero-order valence-electron chi connectivity index (χ0n) is 13.6. The number of amides is 1. The molecule has 4 heteroatoms. The monoisotopic (exact) mass is 301 g/mol. The molecule has 0 heterocycles. The molecule has 0 aliphatic carbocycles. The van der Waals surface area contributed by atoms with E-state index >= 15 is 0 Å². The lowest BCUT2D eigenvalue weighted by Crippen LogP contribution is -2.29. The number of nitrogens with one attached hydrogen (secondary N) is 1. The van der Waals surface area contributed by atoms with E-state index in [2.05, 4.69) is 37.4 Å². The largest absolute Gasteiger partial charge is 0.355 e. The van der Waals surface area contributed by atoms with Crippen LogP contribution < -0.4 is 11.1 Å². The molecule has 0 aliphatic heterocycles. The molecule has 1 aromatic rings. The Labute approximate surface area is 133 Å². The van der Waals surface area contributed by atoms with E-state index in [1.165, 1.54) is 6.42 Å². The molecule has 1 aromatic carbocycles. The molecular formula is C18H27N3O. The number of carbonyl (C=O) groups is 1. The molecule has 4 nitrogen and oxygen atoms in total. The van der Waals surface area contributed by atoms with Crippen molar-refractivity contribution < 1.29 is 4.79 Å². The first kappa shape index (κ1) is 18.2. The van der Waals surface area contributed by atoms with Gasteiger partial charge < -0.3 is 11.1 Å². The Morgan fingerprint density at radius 2 is 2.14 bits per heavy atom. The van der Waals surface area contributed by atoms with Crippen LogP contribution in [0.2, 0.25) is 0 Å². The van der Waals surface area contributed by atoms with Crippen molar-refractivity contribution in [3.05, 3.63) is 35.4 Å². The first-order valence-corrected chi connectivity index (χ1v) is 7.97. The molecule has 120 valence electrons. The molecule has 0 radical (unpaired) electrons. The van der Waals surface area contributed by atoms with Crippen molar-refractivity contribution in [3.63, 3.8) is 0 Å². The molecule has 1 rings (SSSR count). The van der Waals surface area contributed by atoms with Gasteiger partial charge in [-0.15, -0.1) is 0 Å². The van der Waals surface area contributed by atoms with E-state index in [9.17, 15) is 4.79 Å². The molecular weight excluding hydrogens is 274 g/mol. The van der Waals surface area contributed by atoms with Gasteiger partial charge in [-0.1, -0.05) is 51.0 Å². The van der Waals surface area contributed by atoms with Gasteiger partial charge >= 0.3 is 0 Å². The average Bonchev–Trinajstić information content (AvgIpc) is 2.47. The second-order valence-electron chi connectivity index (χ2n) is 6.22. The number of rotatable bonds is 10. The van der Waals surface area contributed by atoms with Crippen molar-refractivity contribution in [3.8, 4) is 6.07 Å². The standard InChI is InChI=1S/C18H27N3O/c1-14(2)5-3-8-18(20)16-7-4-6-15(11-16)12-17(9-10-19)21-13-22/h4,6-7,11,13-14,17-18H,3,5,8-9,12,20H2,1-2H3,(H,21,22). The van der Waals surface area contributed by atoms with Gasteiger partial charge in [0.1, 0.15) is 0 Å². The van der Waals surface area contributed by atoms with Crippen LogP contribution in [-0.4, -0.2) is 12.5 Å². The highest BCUT2D eigenvalue weighted by Gasteiger charge is 2.11. The van der Waals surface area contributed by atoms with Crippen molar-refractivity contribution >= 4 is 6.41 Å². The van der Waals surface area contributed by atoms with Crippen molar-refractivity contribution in [2.45, 2.75) is 58.0 Å². The minimum Gasteiger partial charge on any atom is -0.355 e. The third kappa shape index (κ3) is 6.73. The number of nitriles is 1. The van der Waals surface area contributed by atoms with E-state index in [0.717, 1.165) is 24.0 Å². The molecule has 3 N–H and O–H groups in total. The molecule has 0 spiro atoms. The number of nitrogens with two attached hydrogens (primary N) is 1. The summed E-state index contributed by atoms with van der Waals surface area (Å²) in [7, 11) is 0.